The van der Waals surface area contributed by atoms with Crippen molar-refractivity contribution in [2.45, 2.75) is 24.7 Å². The lowest BCUT2D eigenvalue weighted by Gasteiger charge is -2.19. The van der Waals surface area contributed by atoms with Crippen LogP contribution >= 0.6 is 0 Å². The van der Waals surface area contributed by atoms with Gasteiger partial charge in [0.2, 0.25) is 0 Å². The molecule has 1 aromatic rings. The third-order valence-corrected chi connectivity index (χ3v) is 3.80. The number of nitrogens with zero attached hydrogens (tertiary/aromatic N) is 1. The van der Waals surface area contributed by atoms with Crippen LogP contribution in [-0.2, 0) is 9.53 Å². The molecule has 1 aliphatic rings. The summed E-state index contributed by atoms with van der Waals surface area (Å²) in [5.41, 5.74) is 6.75. The highest BCUT2D eigenvalue weighted by molar-refractivity contribution is 5.94. The van der Waals surface area contributed by atoms with Gasteiger partial charge in [-0.05, 0) is 17.7 Å². The van der Waals surface area contributed by atoms with E-state index in [2.05, 4.69) is 4.74 Å². The number of carboxylic acids is 1. The topological polar surface area (TPSA) is 92.9 Å². The Morgan fingerprint density at radius 1 is 1.25 bits per heavy atom. The number of aliphatic carboxylic acids is 1. The summed E-state index contributed by atoms with van der Waals surface area (Å²) < 4.78 is 74.7. The molecule has 28 heavy (non-hydrogen) atoms. The molecule has 6 nitrogen and oxygen atoms in total. The minimum absolute atomic E-state index is 0.198. The average Bonchev–Trinajstić information content (AvgIpc) is 2.90. The molecule has 1 atom stereocenters. The van der Waals surface area contributed by atoms with Gasteiger partial charge in [0.15, 0.2) is 0 Å². The Labute approximate surface area is 155 Å². The van der Waals surface area contributed by atoms with Crippen molar-refractivity contribution in [1.82, 2.24) is 0 Å². The van der Waals surface area contributed by atoms with Crippen LogP contribution in [-0.4, -0.2) is 56.1 Å². The summed E-state index contributed by atoms with van der Waals surface area (Å²) in [6.07, 6.45) is -10.3. The van der Waals surface area contributed by atoms with Crippen LogP contribution in [0.4, 0.5) is 32.0 Å². The first-order chi connectivity index (χ1) is 12.8. The van der Waals surface area contributed by atoms with E-state index in [1.54, 1.807) is 17.0 Å². The molecular formula is C16H18F6N2O4. The van der Waals surface area contributed by atoms with E-state index in [1.165, 1.54) is 13.2 Å². The van der Waals surface area contributed by atoms with Crippen molar-refractivity contribution in [2.75, 3.05) is 31.6 Å². The highest BCUT2D eigenvalue weighted by Crippen LogP contribution is 2.43. The van der Waals surface area contributed by atoms with Gasteiger partial charge in [-0.25, -0.2) is 9.59 Å². The molecule has 3 N–H and O–H groups in total. The van der Waals surface area contributed by atoms with Crippen LogP contribution in [0.15, 0.2) is 18.2 Å². The number of carboxylic acid groups (broad SMARTS) is 1. The van der Waals surface area contributed by atoms with Crippen molar-refractivity contribution < 1.29 is 45.8 Å². The van der Waals surface area contributed by atoms with Gasteiger partial charge in [-0.1, -0.05) is 6.07 Å². The lowest BCUT2D eigenvalue weighted by molar-refractivity contribution is -0.192. The monoisotopic (exact) mass is 416 g/mol. The number of methoxy groups -OCH3 is 1. The van der Waals surface area contributed by atoms with Crippen LogP contribution in [0.1, 0.15) is 28.3 Å². The van der Waals surface area contributed by atoms with Gasteiger partial charge in [-0.3, -0.25) is 0 Å². The van der Waals surface area contributed by atoms with Crippen LogP contribution in [0, 0.1) is 0 Å². The van der Waals surface area contributed by atoms with Gasteiger partial charge in [0.1, 0.15) is 0 Å². The maximum Gasteiger partial charge on any atom is 0.490 e. The van der Waals surface area contributed by atoms with Crippen molar-refractivity contribution >= 4 is 17.6 Å². The number of ether oxygens (including phenoxy) is 1. The number of fused-ring (bicyclic) bond motifs is 1. The second-order valence-electron chi connectivity index (χ2n) is 5.78. The Kier molecular flexibility index (Phi) is 7.67. The summed E-state index contributed by atoms with van der Waals surface area (Å²) in [7, 11) is 1.22. The van der Waals surface area contributed by atoms with E-state index in [4.69, 9.17) is 15.6 Å². The highest BCUT2D eigenvalue weighted by atomic mass is 19.4. The number of carbonyl (C=O) groups is 2. The van der Waals surface area contributed by atoms with Crippen LogP contribution in [0.3, 0.4) is 0 Å². The maximum atomic E-state index is 12.8. The molecule has 0 radical (unpaired) electrons. The first kappa shape index (κ1) is 23.5. The quantitative estimate of drug-likeness (QED) is 0.579. The second-order valence-corrected chi connectivity index (χ2v) is 5.78. The van der Waals surface area contributed by atoms with Crippen molar-refractivity contribution in [1.29, 1.82) is 0 Å². The summed E-state index contributed by atoms with van der Waals surface area (Å²) >= 11 is 0. The predicted octanol–water partition coefficient (Wildman–Crippen LogP) is 2.92. The molecule has 0 bridgehead atoms. The molecule has 0 aliphatic carbocycles. The third-order valence-electron chi connectivity index (χ3n) is 3.80. The van der Waals surface area contributed by atoms with E-state index in [-0.39, 0.29) is 12.1 Å². The molecule has 1 aliphatic heterocycles. The lowest BCUT2D eigenvalue weighted by Crippen LogP contribution is -2.29. The predicted molar refractivity (Wildman–Crippen MR) is 86.2 cm³/mol. The number of rotatable bonds is 4. The molecule has 1 heterocycles. The minimum atomic E-state index is -5.08. The largest absolute Gasteiger partial charge is 0.490 e. The van der Waals surface area contributed by atoms with Crippen LogP contribution in [0.5, 0.6) is 0 Å². The SMILES string of the molecule is COC(=O)c1cccc2c1C(CC(F)(F)F)CN2CCN.O=C(O)C(F)(F)F. The summed E-state index contributed by atoms with van der Waals surface area (Å²) in [5.74, 6) is -4.15. The van der Waals surface area contributed by atoms with E-state index < -0.39 is 36.6 Å². The first-order valence-electron chi connectivity index (χ1n) is 7.85. The molecule has 0 amide bonds. The standard InChI is InChI=1S/C14H17F3N2O2.C2HF3O2/c1-21-13(20)10-3-2-4-11-12(10)9(7-14(15,16)17)8-19(11)6-5-18;3-2(4,5)1(6)7/h2-4,9H,5-8,18H2,1H3;(H,6,7). The molecule has 0 saturated heterocycles. The van der Waals surface area contributed by atoms with Gasteiger partial charge < -0.3 is 20.5 Å². The molecule has 0 spiro atoms. The summed E-state index contributed by atoms with van der Waals surface area (Å²) in [5, 5.41) is 7.12. The van der Waals surface area contributed by atoms with E-state index in [1.807, 2.05) is 0 Å². The van der Waals surface area contributed by atoms with E-state index in [0.717, 1.165) is 0 Å². The fourth-order valence-electron chi connectivity index (χ4n) is 2.82. The van der Waals surface area contributed by atoms with Crippen LogP contribution < -0.4 is 10.6 Å². The zero-order chi connectivity index (χ0) is 21.7. The molecule has 1 aromatic carbocycles. The van der Waals surface area contributed by atoms with Gasteiger partial charge in [0.05, 0.1) is 19.1 Å². The van der Waals surface area contributed by atoms with Crippen molar-refractivity contribution in [3.63, 3.8) is 0 Å². The molecule has 12 heteroatoms. The normalized spacial score (nSPS) is 16.1. The summed E-state index contributed by atoms with van der Waals surface area (Å²) in [6, 6.07) is 4.86. The first-order valence-corrected chi connectivity index (χ1v) is 7.85. The van der Waals surface area contributed by atoms with Crippen LogP contribution in [0.25, 0.3) is 0 Å². The number of alkyl halides is 6. The number of halogens is 6. The third kappa shape index (κ3) is 6.29. The lowest BCUT2D eigenvalue weighted by atomic mass is 9.93. The van der Waals surface area contributed by atoms with Crippen LogP contribution in [0.2, 0.25) is 0 Å². The smallest absolute Gasteiger partial charge is 0.475 e. The van der Waals surface area contributed by atoms with Crippen molar-refractivity contribution in [3.8, 4) is 0 Å². The Bertz CT molecular complexity index is 705. The highest BCUT2D eigenvalue weighted by Gasteiger charge is 2.40. The Morgan fingerprint density at radius 2 is 1.82 bits per heavy atom. The van der Waals surface area contributed by atoms with Crippen molar-refractivity contribution in [3.05, 3.63) is 29.3 Å². The number of nitrogens with two attached hydrogens (primary N) is 1. The van der Waals surface area contributed by atoms with E-state index in [9.17, 15) is 31.1 Å². The Hall–Kier alpha value is -2.50. The molecule has 158 valence electrons. The number of hydrogen-bond donors (Lipinski definition) is 2. The summed E-state index contributed by atoms with van der Waals surface area (Å²) in [4.78, 5) is 22.5. The molecule has 0 saturated carbocycles. The number of carbonyl (C=O) groups excluding carboxylic acids is 1. The molecule has 0 aromatic heterocycles. The average molecular weight is 416 g/mol. The fourth-order valence-corrected chi connectivity index (χ4v) is 2.82. The van der Waals surface area contributed by atoms with Gasteiger partial charge in [-0.2, -0.15) is 26.3 Å². The summed E-state index contributed by atoms with van der Waals surface area (Å²) in [6.45, 7) is 0.993. The zero-order valence-electron chi connectivity index (χ0n) is 14.6. The zero-order valence-corrected chi connectivity index (χ0v) is 14.6. The number of anilines is 1. The fraction of sp³-hybridized carbons (Fsp3) is 0.500. The second kappa shape index (κ2) is 9.13. The molecule has 2 rings (SSSR count). The van der Waals surface area contributed by atoms with Gasteiger partial charge in [-0.15, -0.1) is 0 Å². The number of benzene rings is 1. The van der Waals surface area contributed by atoms with Gasteiger partial charge >= 0.3 is 24.3 Å². The van der Waals surface area contributed by atoms with E-state index in [0.29, 0.717) is 24.3 Å². The Morgan fingerprint density at radius 3 is 2.25 bits per heavy atom. The molecular weight excluding hydrogens is 398 g/mol. The van der Waals surface area contributed by atoms with Crippen molar-refractivity contribution in [2.24, 2.45) is 5.73 Å². The number of esters is 1. The van der Waals surface area contributed by atoms with Gasteiger partial charge in [0, 0.05) is 31.2 Å². The number of hydrogen-bond acceptors (Lipinski definition) is 5. The molecule has 0 fully saturated rings. The molecule has 1 unspecified atom stereocenters. The maximum absolute atomic E-state index is 12.8. The van der Waals surface area contributed by atoms with E-state index >= 15 is 0 Å². The van der Waals surface area contributed by atoms with Gasteiger partial charge in [0.25, 0.3) is 0 Å². The minimum Gasteiger partial charge on any atom is -0.475 e. The Balaban J connectivity index is 0.000000480.